The summed E-state index contributed by atoms with van der Waals surface area (Å²) in [5, 5.41) is 10.9. The van der Waals surface area contributed by atoms with E-state index in [1.54, 1.807) is 0 Å². The quantitative estimate of drug-likeness (QED) is 0.870. The zero-order valence-corrected chi connectivity index (χ0v) is 15.1. The Morgan fingerprint density at radius 3 is 2.41 bits per heavy atom. The Bertz CT molecular complexity index is 703. The molecule has 0 radical (unpaired) electrons. The van der Waals surface area contributed by atoms with E-state index >= 15 is 0 Å². The van der Waals surface area contributed by atoms with Crippen LogP contribution < -0.4 is 0 Å². The zero-order valence-electron chi connectivity index (χ0n) is 15.1. The molecule has 27 heavy (non-hydrogen) atoms. The summed E-state index contributed by atoms with van der Waals surface area (Å²) < 4.78 is 29.1. The average molecular weight is 372 g/mol. The molecule has 2 fully saturated rings. The van der Waals surface area contributed by atoms with Gasteiger partial charge in [0.2, 0.25) is 0 Å². The molecule has 6 heteroatoms. The SMILES string of the molecule is CO[C@@H]1OC2COC(c3ccccc3)O[C@H]2C(O)C1OCc1ccccc1. The van der Waals surface area contributed by atoms with E-state index in [9.17, 15) is 5.11 Å². The van der Waals surface area contributed by atoms with Crippen LogP contribution in [0.15, 0.2) is 60.7 Å². The van der Waals surface area contributed by atoms with Crippen LogP contribution in [0, 0.1) is 0 Å². The van der Waals surface area contributed by atoms with Crippen LogP contribution >= 0.6 is 0 Å². The third-order valence-corrected chi connectivity index (χ3v) is 4.90. The first-order chi connectivity index (χ1) is 13.3. The summed E-state index contributed by atoms with van der Waals surface area (Å²) in [5.41, 5.74) is 1.91. The summed E-state index contributed by atoms with van der Waals surface area (Å²) in [6.07, 6.45) is -3.76. The molecular formula is C21H24O6. The van der Waals surface area contributed by atoms with E-state index in [-0.39, 0.29) is 0 Å². The molecule has 0 bridgehead atoms. The number of hydrogen-bond acceptors (Lipinski definition) is 6. The van der Waals surface area contributed by atoms with Crippen LogP contribution in [0.25, 0.3) is 0 Å². The molecule has 6 atom stereocenters. The van der Waals surface area contributed by atoms with Gasteiger partial charge in [-0.15, -0.1) is 0 Å². The molecule has 2 saturated heterocycles. The highest BCUT2D eigenvalue weighted by Gasteiger charge is 2.50. The molecule has 4 rings (SSSR count). The normalized spacial score (nSPS) is 33.4. The van der Waals surface area contributed by atoms with Crippen molar-refractivity contribution in [2.45, 2.75) is 43.6 Å². The Morgan fingerprint density at radius 1 is 1.00 bits per heavy atom. The van der Waals surface area contributed by atoms with Gasteiger partial charge in [0.05, 0.1) is 13.2 Å². The highest BCUT2D eigenvalue weighted by Crippen LogP contribution is 2.35. The number of aliphatic hydroxyl groups excluding tert-OH is 1. The van der Waals surface area contributed by atoms with Gasteiger partial charge in [-0.25, -0.2) is 0 Å². The van der Waals surface area contributed by atoms with Crippen LogP contribution in [-0.2, 0) is 30.3 Å². The molecule has 2 heterocycles. The molecule has 0 aliphatic carbocycles. The first-order valence-corrected chi connectivity index (χ1v) is 9.10. The highest BCUT2D eigenvalue weighted by molar-refractivity contribution is 5.17. The molecular weight excluding hydrogens is 348 g/mol. The van der Waals surface area contributed by atoms with Gasteiger partial charge in [-0.2, -0.15) is 0 Å². The van der Waals surface area contributed by atoms with E-state index in [1.165, 1.54) is 7.11 Å². The van der Waals surface area contributed by atoms with E-state index in [0.717, 1.165) is 11.1 Å². The fourth-order valence-corrected chi connectivity index (χ4v) is 3.48. The highest BCUT2D eigenvalue weighted by atomic mass is 16.8. The van der Waals surface area contributed by atoms with Crippen molar-refractivity contribution in [1.29, 1.82) is 0 Å². The summed E-state index contributed by atoms with van der Waals surface area (Å²) in [6.45, 7) is 0.661. The lowest BCUT2D eigenvalue weighted by molar-refractivity contribution is -0.363. The Kier molecular flexibility index (Phi) is 5.83. The smallest absolute Gasteiger partial charge is 0.186 e. The average Bonchev–Trinajstić information content (AvgIpc) is 2.74. The first kappa shape index (κ1) is 18.6. The second-order valence-corrected chi connectivity index (χ2v) is 6.71. The minimum Gasteiger partial charge on any atom is -0.387 e. The number of aliphatic hydroxyl groups is 1. The minimum atomic E-state index is -0.896. The van der Waals surface area contributed by atoms with Gasteiger partial charge < -0.3 is 28.8 Å². The first-order valence-electron chi connectivity index (χ1n) is 9.10. The number of ether oxygens (including phenoxy) is 5. The van der Waals surface area contributed by atoms with Crippen molar-refractivity contribution in [3.05, 3.63) is 71.8 Å². The molecule has 6 nitrogen and oxygen atoms in total. The van der Waals surface area contributed by atoms with E-state index in [1.807, 2.05) is 60.7 Å². The number of fused-ring (bicyclic) bond motifs is 1. The molecule has 144 valence electrons. The van der Waals surface area contributed by atoms with Crippen LogP contribution in [0.3, 0.4) is 0 Å². The van der Waals surface area contributed by atoms with Crippen LogP contribution in [0.5, 0.6) is 0 Å². The maximum Gasteiger partial charge on any atom is 0.186 e. The van der Waals surface area contributed by atoms with Crippen LogP contribution in [0.2, 0.25) is 0 Å². The third-order valence-electron chi connectivity index (χ3n) is 4.90. The maximum atomic E-state index is 10.9. The van der Waals surface area contributed by atoms with Crippen molar-refractivity contribution in [2.24, 2.45) is 0 Å². The monoisotopic (exact) mass is 372 g/mol. The van der Waals surface area contributed by atoms with Gasteiger partial charge in [0.1, 0.15) is 24.4 Å². The number of rotatable bonds is 5. The van der Waals surface area contributed by atoms with Crippen molar-refractivity contribution < 1.29 is 28.8 Å². The van der Waals surface area contributed by atoms with E-state index in [0.29, 0.717) is 13.2 Å². The van der Waals surface area contributed by atoms with Gasteiger partial charge in [0.15, 0.2) is 12.6 Å². The molecule has 0 aromatic heterocycles. The standard InChI is InChI=1S/C21H24O6/c1-23-21-19(24-12-14-8-4-2-5-9-14)17(22)18-16(26-21)13-25-20(27-18)15-10-6-3-7-11-15/h2-11,16-22H,12-13H2,1H3/t16?,17?,18-,19?,20?,21-/m1/s1. The molecule has 0 amide bonds. The number of methoxy groups -OCH3 is 1. The Balaban J connectivity index is 1.46. The van der Waals surface area contributed by atoms with Crippen molar-refractivity contribution in [3.8, 4) is 0 Å². The fraction of sp³-hybridized carbons (Fsp3) is 0.429. The van der Waals surface area contributed by atoms with E-state index in [2.05, 4.69) is 0 Å². The Labute approximate surface area is 158 Å². The van der Waals surface area contributed by atoms with Crippen molar-refractivity contribution in [2.75, 3.05) is 13.7 Å². The van der Waals surface area contributed by atoms with Crippen LogP contribution in [0.4, 0.5) is 0 Å². The van der Waals surface area contributed by atoms with E-state index in [4.69, 9.17) is 23.7 Å². The number of hydrogen-bond donors (Lipinski definition) is 1. The lowest BCUT2D eigenvalue weighted by Crippen LogP contribution is -2.62. The summed E-state index contributed by atoms with van der Waals surface area (Å²) >= 11 is 0. The minimum absolute atomic E-state index is 0.312. The van der Waals surface area contributed by atoms with Gasteiger partial charge >= 0.3 is 0 Å². The van der Waals surface area contributed by atoms with Gasteiger partial charge in [0.25, 0.3) is 0 Å². The summed E-state index contributed by atoms with van der Waals surface area (Å²) in [4.78, 5) is 0. The molecule has 0 saturated carbocycles. The molecule has 4 unspecified atom stereocenters. The third kappa shape index (κ3) is 4.06. The lowest BCUT2D eigenvalue weighted by atomic mass is 9.97. The van der Waals surface area contributed by atoms with Crippen molar-refractivity contribution in [3.63, 3.8) is 0 Å². The van der Waals surface area contributed by atoms with Crippen molar-refractivity contribution in [1.82, 2.24) is 0 Å². The van der Waals surface area contributed by atoms with Crippen LogP contribution in [0.1, 0.15) is 17.4 Å². The topological polar surface area (TPSA) is 66.4 Å². The Morgan fingerprint density at radius 2 is 1.70 bits per heavy atom. The van der Waals surface area contributed by atoms with Crippen molar-refractivity contribution >= 4 is 0 Å². The predicted molar refractivity (Wildman–Crippen MR) is 96.7 cm³/mol. The van der Waals surface area contributed by atoms with Gasteiger partial charge in [-0.05, 0) is 5.56 Å². The molecule has 2 aliphatic heterocycles. The Hall–Kier alpha value is -1.80. The van der Waals surface area contributed by atoms with Crippen LogP contribution in [-0.4, -0.2) is 49.5 Å². The lowest BCUT2D eigenvalue weighted by Gasteiger charge is -2.47. The molecule has 1 N–H and O–H groups in total. The summed E-state index contributed by atoms with van der Waals surface area (Å²) in [5.74, 6) is 0. The second kappa shape index (κ2) is 8.48. The molecule has 0 spiro atoms. The summed E-state index contributed by atoms with van der Waals surface area (Å²) in [7, 11) is 1.54. The second-order valence-electron chi connectivity index (χ2n) is 6.71. The molecule has 2 aliphatic rings. The largest absolute Gasteiger partial charge is 0.387 e. The number of benzene rings is 2. The fourth-order valence-electron chi connectivity index (χ4n) is 3.48. The molecule has 2 aromatic rings. The zero-order chi connectivity index (χ0) is 18.6. The van der Waals surface area contributed by atoms with Gasteiger partial charge in [0, 0.05) is 12.7 Å². The maximum absolute atomic E-state index is 10.9. The van der Waals surface area contributed by atoms with E-state index < -0.39 is 37.0 Å². The van der Waals surface area contributed by atoms with Gasteiger partial charge in [-0.3, -0.25) is 0 Å². The predicted octanol–water partition coefficient (Wildman–Crippen LogP) is 2.42. The molecule has 2 aromatic carbocycles. The van der Waals surface area contributed by atoms with Gasteiger partial charge in [-0.1, -0.05) is 60.7 Å². The summed E-state index contributed by atoms with van der Waals surface area (Å²) in [6, 6.07) is 19.4.